The van der Waals surface area contributed by atoms with Gasteiger partial charge in [0.2, 0.25) is 0 Å². The van der Waals surface area contributed by atoms with E-state index in [1.165, 1.54) is 12.1 Å². The number of hydrogen-bond donors (Lipinski definition) is 1. The van der Waals surface area contributed by atoms with E-state index in [1.54, 1.807) is 6.07 Å². The highest BCUT2D eigenvalue weighted by molar-refractivity contribution is 5.97. The number of nitrogens with zero attached hydrogens (tertiary/aromatic N) is 2. The SMILES string of the molecule is CC(C)CC1CN=C(N)N1c1cccc(F)c1. The fourth-order valence-corrected chi connectivity index (χ4v) is 2.24. The van der Waals surface area contributed by atoms with E-state index in [9.17, 15) is 4.39 Å². The Hall–Kier alpha value is -1.58. The predicted molar refractivity (Wildman–Crippen MR) is 68.6 cm³/mol. The molecule has 1 aromatic carbocycles. The molecule has 0 saturated carbocycles. The number of nitrogens with two attached hydrogens (primary N) is 1. The van der Waals surface area contributed by atoms with E-state index in [0.29, 0.717) is 18.4 Å². The molecule has 1 aliphatic heterocycles. The molecule has 4 heteroatoms. The largest absolute Gasteiger partial charge is 0.370 e. The number of aliphatic imine (C=N–C) groups is 1. The number of benzene rings is 1. The molecule has 1 atom stereocenters. The van der Waals surface area contributed by atoms with Gasteiger partial charge < -0.3 is 10.6 Å². The third kappa shape index (κ3) is 2.57. The quantitative estimate of drug-likeness (QED) is 0.874. The highest BCUT2D eigenvalue weighted by atomic mass is 19.1. The molecule has 0 amide bonds. The van der Waals surface area contributed by atoms with Crippen molar-refractivity contribution in [3.63, 3.8) is 0 Å². The molecule has 1 unspecified atom stereocenters. The molecular weight excluding hydrogens is 217 g/mol. The van der Waals surface area contributed by atoms with Gasteiger partial charge in [-0.3, -0.25) is 4.99 Å². The Balaban J connectivity index is 2.24. The summed E-state index contributed by atoms with van der Waals surface area (Å²) >= 11 is 0. The highest BCUT2D eigenvalue weighted by Gasteiger charge is 2.27. The van der Waals surface area contributed by atoms with Crippen LogP contribution in [0.5, 0.6) is 0 Å². The smallest absolute Gasteiger partial charge is 0.196 e. The van der Waals surface area contributed by atoms with Crippen LogP contribution in [0.2, 0.25) is 0 Å². The Morgan fingerprint density at radius 3 is 2.94 bits per heavy atom. The summed E-state index contributed by atoms with van der Waals surface area (Å²) < 4.78 is 13.2. The van der Waals surface area contributed by atoms with Crippen molar-refractivity contribution in [2.45, 2.75) is 26.3 Å². The molecule has 0 saturated heterocycles. The molecule has 1 aliphatic rings. The third-order valence-electron chi connectivity index (χ3n) is 2.91. The monoisotopic (exact) mass is 235 g/mol. The van der Waals surface area contributed by atoms with Gasteiger partial charge in [0.05, 0.1) is 12.6 Å². The average Bonchev–Trinajstić information content (AvgIpc) is 2.59. The molecule has 0 aliphatic carbocycles. The van der Waals surface area contributed by atoms with Gasteiger partial charge in [0.15, 0.2) is 5.96 Å². The minimum atomic E-state index is -0.245. The Labute approximate surface area is 101 Å². The second-order valence-electron chi connectivity index (χ2n) is 4.83. The minimum absolute atomic E-state index is 0.245. The van der Waals surface area contributed by atoms with Crippen molar-refractivity contribution in [3.05, 3.63) is 30.1 Å². The van der Waals surface area contributed by atoms with Crippen LogP contribution in [-0.2, 0) is 0 Å². The van der Waals surface area contributed by atoms with Crippen LogP contribution in [0.15, 0.2) is 29.3 Å². The summed E-state index contributed by atoms with van der Waals surface area (Å²) in [4.78, 5) is 6.19. The molecule has 2 rings (SSSR count). The van der Waals surface area contributed by atoms with Gasteiger partial charge in [-0.25, -0.2) is 4.39 Å². The summed E-state index contributed by atoms with van der Waals surface area (Å²) in [7, 11) is 0. The van der Waals surface area contributed by atoms with Crippen molar-refractivity contribution >= 4 is 11.6 Å². The van der Waals surface area contributed by atoms with Crippen molar-refractivity contribution < 1.29 is 4.39 Å². The van der Waals surface area contributed by atoms with Crippen molar-refractivity contribution in [2.75, 3.05) is 11.4 Å². The van der Waals surface area contributed by atoms with Crippen LogP contribution in [0, 0.1) is 11.7 Å². The van der Waals surface area contributed by atoms with Gasteiger partial charge in [-0.15, -0.1) is 0 Å². The molecule has 2 N–H and O–H groups in total. The lowest BCUT2D eigenvalue weighted by molar-refractivity contribution is 0.511. The van der Waals surface area contributed by atoms with Crippen molar-refractivity contribution in [1.82, 2.24) is 0 Å². The molecule has 92 valence electrons. The maximum atomic E-state index is 13.2. The van der Waals surface area contributed by atoms with Crippen LogP contribution in [0.4, 0.5) is 10.1 Å². The molecule has 1 aromatic rings. The Morgan fingerprint density at radius 2 is 2.29 bits per heavy atom. The van der Waals surface area contributed by atoms with Crippen LogP contribution >= 0.6 is 0 Å². The van der Waals surface area contributed by atoms with Gasteiger partial charge in [0.25, 0.3) is 0 Å². The van der Waals surface area contributed by atoms with Gasteiger partial charge in [0, 0.05) is 5.69 Å². The summed E-state index contributed by atoms with van der Waals surface area (Å²) in [6.07, 6.45) is 1.00. The zero-order valence-corrected chi connectivity index (χ0v) is 10.2. The van der Waals surface area contributed by atoms with E-state index in [4.69, 9.17) is 5.73 Å². The normalized spacial score (nSPS) is 19.9. The van der Waals surface area contributed by atoms with Gasteiger partial charge in [-0.2, -0.15) is 0 Å². The zero-order valence-electron chi connectivity index (χ0n) is 10.2. The summed E-state index contributed by atoms with van der Waals surface area (Å²) in [6.45, 7) is 5.02. The maximum absolute atomic E-state index is 13.2. The molecule has 0 fully saturated rings. The van der Waals surface area contributed by atoms with Gasteiger partial charge in [-0.1, -0.05) is 19.9 Å². The average molecular weight is 235 g/mol. The van der Waals surface area contributed by atoms with Crippen LogP contribution in [0.3, 0.4) is 0 Å². The first-order valence-electron chi connectivity index (χ1n) is 5.92. The maximum Gasteiger partial charge on any atom is 0.196 e. The van der Waals surface area contributed by atoms with Crippen LogP contribution < -0.4 is 10.6 Å². The van der Waals surface area contributed by atoms with Crippen LogP contribution in [0.1, 0.15) is 20.3 Å². The first-order chi connectivity index (χ1) is 8.08. The Kier molecular flexibility index (Phi) is 3.31. The molecule has 3 nitrogen and oxygen atoms in total. The topological polar surface area (TPSA) is 41.6 Å². The van der Waals surface area contributed by atoms with Crippen molar-refractivity contribution in [1.29, 1.82) is 0 Å². The first kappa shape index (κ1) is 11.9. The summed E-state index contributed by atoms with van der Waals surface area (Å²) in [5.74, 6) is 0.809. The summed E-state index contributed by atoms with van der Waals surface area (Å²) in [6, 6.07) is 6.75. The first-order valence-corrected chi connectivity index (χ1v) is 5.92. The molecule has 0 radical (unpaired) electrons. The second kappa shape index (κ2) is 4.73. The lowest BCUT2D eigenvalue weighted by Gasteiger charge is -2.27. The number of guanidine groups is 1. The minimum Gasteiger partial charge on any atom is -0.370 e. The fourth-order valence-electron chi connectivity index (χ4n) is 2.24. The lowest BCUT2D eigenvalue weighted by atomic mass is 10.0. The number of anilines is 1. The standard InChI is InChI=1S/C13H18FN3/c1-9(2)6-12-8-16-13(15)17(12)11-5-3-4-10(14)7-11/h3-5,7,9,12H,6,8H2,1-2H3,(H2,15,16). The fraction of sp³-hybridized carbons (Fsp3) is 0.462. The van der Waals surface area contributed by atoms with E-state index >= 15 is 0 Å². The molecule has 17 heavy (non-hydrogen) atoms. The molecule has 0 spiro atoms. The van der Waals surface area contributed by atoms with E-state index in [1.807, 2.05) is 11.0 Å². The molecular formula is C13H18FN3. The van der Waals surface area contributed by atoms with Crippen LogP contribution in [-0.4, -0.2) is 18.5 Å². The Bertz CT molecular complexity index is 428. The summed E-state index contributed by atoms with van der Waals surface area (Å²) in [5.41, 5.74) is 6.67. The zero-order chi connectivity index (χ0) is 12.4. The van der Waals surface area contributed by atoms with Gasteiger partial charge >= 0.3 is 0 Å². The van der Waals surface area contributed by atoms with Crippen LogP contribution in [0.25, 0.3) is 0 Å². The lowest BCUT2D eigenvalue weighted by Crippen LogP contribution is -2.41. The van der Waals surface area contributed by atoms with E-state index in [2.05, 4.69) is 18.8 Å². The van der Waals surface area contributed by atoms with Crippen molar-refractivity contribution in [2.24, 2.45) is 16.6 Å². The highest BCUT2D eigenvalue weighted by Crippen LogP contribution is 2.25. The number of hydrogen-bond acceptors (Lipinski definition) is 3. The molecule has 0 aromatic heterocycles. The molecule has 0 bridgehead atoms. The number of halogens is 1. The van der Waals surface area contributed by atoms with E-state index in [-0.39, 0.29) is 11.9 Å². The third-order valence-corrected chi connectivity index (χ3v) is 2.91. The van der Waals surface area contributed by atoms with E-state index < -0.39 is 0 Å². The number of rotatable bonds is 3. The Morgan fingerprint density at radius 1 is 1.53 bits per heavy atom. The van der Waals surface area contributed by atoms with E-state index in [0.717, 1.165) is 12.1 Å². The van der Waals surface area contributed by atoms with Crippen molar-refractivity contribution in [3.8, 4) is 0 Å². The van der Waals surface area contributed by atoms with Gasteiger partial charge in [0.1, 0.15) is 5.82 Å². The van der Waals surface area contributed by atoms with Gasteiger partial charge in [-0.05, 0) is 30.5 Å². The summed E-state index contributed by atoms with van der Waals surface area (Å²) in [5, 5.41) is 0. The second-order valence-corrected chi connectivity index (χ2v) is 4.83. The molecule has 1 heterocycles. The predicted octanol–water partition coefficient (Wildman–Crippen LogP) is 2.38.